The molecule has 0 saturated heterocycles. The van der Waals surface area contributed by atoms with Crippen molar-refractivity contribution in [3.8, 4) is 11.3 Å². The van der Waals surface area contributed by atoms with Crippen LogP contribution in [0.1, 0.15) is 21.6 Å². The van der Waals surface area contributed by atoms with Crippen LogP contribution in [0.3, 0.4) is 0 Å². The van der Waals surface area contributed by atoms with Crippen molar-refractivity contribution in [3.63, 3.8) is 0 Å². The summed E-state index contributed by atoms with van der Waals surface area (Å²) in [6.45, 7) is 0. The monoisotopic (exact) mass is 259 g/mol. The molecule has 2 nitrogen and oxygen atoms in total. The van der Waals surface area contributed by atoms with Crippen molar-refractivity contribution in [1.82, 2.24) is 4.98 Å². The molecule has 0 spiro atoms. The highest BCUT2D eigenvalue weighted by molar-refractivity contribution is 5.94. The maximum Gasteiger partial charge on any atom is 0.152 e. The van der Waals surface area contributed by atoms with Crippen LogP contribution in [0.15, 0.2) is 60.7 Å². The van der Waals surface area contributed by atoms with Gasteiger partial charge in [0.15, 0.2) is 6.29 Å². The zero-order valence-electron chi connectivity index (χ0n) is 10.9. The molecule has 2 aliphatic rings. The number of hydrogen-bond acceptors (Lipinski definition) is 2. The third-order valence-corrected chi connectivity index (χ3v) is 3.17. The van der Waals surface area contributed by atoms with Crippen LogP contribution in [0.4, 0.5) is 0 Å². The van der Waals surface area contributed by atoms with Crippen molar-refractivity contribution >= 4 is 18.4 Å². The van der Waals surface area contributed by atoms with E-state index < -0.39 is 0 Å². The summed E-state index contributed by atoms with van der Waals surface area (Å²) >= 11 is 0. The van der Waals surface area contributed by atoms with Crippen LogP contribution in [0.5, 0.6) is 0 Å². The zero-order chi connectivity index (χ0) is 13.8. The van der Waals surface area contributed by atoms with E-state index in [1.54, 1.807) is 0 Å². The van der Waals surface area contributed by atoms with E-state index in [9.17, 15) is 4.79 Å². The molecule has 0 radical (unpaired) electrons. The Morgan fingerprint density at radius 3 is 2.25 bits per heavy atom. The van der Waals surface area contributed by atoms with Crippen molar-refractivity contribution in [2.75, 3.05) is 0 Å². The first-order valence-electron chi connectivity index (χ1n) is 6.45. The largest absolute Gasteiger partial charge is 0.298 e. The topological polar surface area (TPSA) is 30.0 Å². The van der Waals surface area contributed by atoms with Gasteiger partial charge in [0.05, 0.1) is 11.4 Å². The summed E-state index contributed by atoms with van der Waals surface area (Å²) < 4.78 is 0. The first-order valence-corrected chi connectivity index (χ1v) is 6.45. The Bertz CT molecular complexity index is 732. The summed E-state index contributed by atoms with van der Waals surface area (Å²) in [5, 5.41) is 0. The number of benzene rings is 1. The number of carbonyl (C=O) groups excluding carboxylic acids is 1. The lowest BCUT2D eigenvalue weighted by molar-refractivity contribution is 0.112. The van der Waals surface area contributed by atoms with E-state index in [1.807, 2.05) is 72.8 Å². The minimum Gasteiger partial charge on any atom is -0.298 e. The number of carbonyl (C=O) groups is 1. The molecular formula is C18H13NO. The number of nitrogens with zero attached hydrogens (tertiary/aromatic N) is 1. The van der Waals surface area contributed by atoms with Crippen LogP contribution < -0.4 is 0 Å². The van der Waals surface area contributed by atoms with Gasteiger partial charge in [-0.3, -0.25) is 4.79 Å². The molecule has 0 atom stereocenters. The molecule has 1 aromatic rings. The second kappa shape index (κ2) is 5.49. The average molecular weight is 259 g/mol. The lowest BCUT2D eigenvalue weighted by Crippen LogP contribution is -1.81. The Labute approximate surface area is 117 Å². The van der Waals surface area contributed by atoms with Gasteiger partial charge in [0.2, 0.25) is 0 Å². The number of hydrogen-bond donors (Lipinski definition) is 0. The lowest BCUT2D eigenvalue weighted by atomic mass is 10.1. The Hall–Kier alpha value is -2.74. The molecule has 0 aromatic heterocycles. The summed E-state index contributed by atoms with van der Waals surface area (Å²) in [7, 11) is 0. The summed E-state index contributed by atoms with van der Waals surface area (Å²) in [5.74, 6) is 0. The molecular weight excluding hydrogens is 246 g/mol. The highest BCUT2D eigenvalue weighted by Crippen LogP contribution is 2.27. The van der Waals surface area contributed by atoms with Gasteiger partial charge in [-0.2, -0.15) is 0 Å². The van der Waals surface area contributed by atoms with Crippen LogP contribution in [0.2, 0.25) is 0 Å². The Morgan fingerprint density at radius 2 is 1.50 bits per heavy atom. The van der Waals surface area contributed by atoms with Gasteiger partial charge < -0.3 is 0 Å². The predicted molar refractivity (Wildman–Crippen MR) is 81.6 cm³/mol. The molecule has 1 heterocycles. The molecule has 0 saturated carbocycles. The van der Waals surface area contributed by atoms with Crippen molar-refractivity contribution in [3.05, 3.63) is 77.5 Å². The second-order valence-corrected chi connectivity index (χ2v) is 4.48. The molecule has 0 amide bonds. The van der Waals surface area contributed by atoms with Gasteiger partial charge in [-0.1, -0.05) is 60.7 Å². The van der Waals surface area contributed by atoms with E-state index in [1.165, 1.54) is 0 Å². The quantitative estimate of drug-likeness (QED) is 0.661. The molecule has 1 aliphatic heterocycles. The van der Waals surface area contributed by atoms with Crippen LogP contribution >= 0.6 is 0 Å². The molecule has 20 heavy (non-hydrogen) atoms. The molecule has 0 N–H and O–H groups in total. The minimum absolute atomic E-state index is 0.642. The van der Waals surface area contributed by atoms with Crippen LogP contribution in [-0.4, -0.2) is 11.3 Å². The van der Waals surface area contributed by atoms with Crippen molar-refractivity contribution in [2.24, 2.45) is 0 Å². The maximum atomic E-state index is 11.3. The fourth-order valence-electron chi connectivity index (χ4n) is 2.18. The fraction of sp³-hybridized carbons (Fsp3) is 0. The summed E-state index contributed by atoms with van der Waals surface area (Å²) in [6, 6.07) is 19.6. The number of fused-ring (bicyclic) bond motifs is 1. The summed E-state index contributed by atoms with van der Waals surface area (Å²) in [4.78, 5) is 15.9. The first kappa shape index (κ1) is 12.3. The molecule has 0 bridgehead atoms. The van der Waals surface area contributed by atoms with E-state index >= 15 is 0 Å². The van der Waals surface area contributed by atoms with Gasteiger partial charge in [-0.05, 0) is 17.7 Å². The van der Waals surface area contributed by atoms with Crippen molar-refractivity contribution in [1.29, 1.82) is 0 Å². The normalized spacial score (nSPS) is 11.0. The van der Waals surface area contributed by atoms with Crippen molar-refractivity contribution in [2.45, 2.75) is 0 Å². The van der Waals surface area contributed by atoms with E-state index in [4.69, 9.17) is 0 Å². The third-order valence-electron chi connectivity index (χ3n) is 3.17. The molecule has 3 rings (SSSR count). The Balaban J connectivity index is 2.06. The Kier molecular flexibility index (Phi) is 3.38. The fourth-order valence-corrected chi connectivity index (χ4v) is 2.18. The highest BCUT2D eigenvalue weighted by Gasteiger charge is 2.13. The number of rotatable bonds is 3. The summed E-state index contributed by atoms with van der Waals surface area (Å²) in [5.41, 5.74) is 4.16. The van der Waals surface area contributed by atoms with E-state index in [2.05, 4.69) is 4.98 Å². The number of aromatic nitrogens is 1. The van der Waals surface area contributed by atoms with Gasteiger partial charge in [0.25, 0.3) is 0 Å². The molecule has 0 unspecified atom stereocenters. The van der Waals surface area contributed by atoms with Gasteiger partial charge >= 0.3 is 0 Å². The molecule has 2 heteroatoms. The zero-order valence-corrected chi connectivity index (χ0v) is 10.9. The highest BCUT2D eigenvalue weighted by atomic mass is 16.1. The lowest BCUT2D eigenvalue weighted by Gasteiger charge is -1.92. The predicted octanol–water partition coefficient (Wildman–Crippen LogP) is 4.17. The minimum atomic E-state index is 0.642. The van der Waals surface area contributed by atoms with Gasteiger partial charge in [-0.25, -0.2) is 4.98 Å². The standard InChI is InChI=1S/C18H13NO/c20-13-16-15-9-5-2-6-10-17(15)19-18(16)12-11-14-7-3-1-4-8-14/h1-13H/b12-11+. The van der Waals surface area contributed by atoms with E-state index in [-0.39, 0.29) is 0 Å². The second-order valence-electron chi connectivity index (χ2n) is 4.48. The molecule has 96 valence electrons. The summed E-state index contributed by atoms with van der Waals surface area (Å²) in [6.07, 6.45) is 4.73. The van der Waals surface area contributed by atoms with E-state index in [0.29, 0.717) is 11.3 Å². The van der Waals surface area contributed by atoms with Gasteiger partial charge in [0.1, 0.15) is 0 Å². The maximum absolute atomic E-state index is 11.3. The molecule has 0 fully saturated rings. The van der Waals surface area contributed by atoms with Gasteiger partial charge in [0, 0.05) is 11.1 Å². The molecule has 1 aromatic carbocycles. The van der Waals surface area contributed by atoms with Crippen molar-refractivity contribution < 1.29 is 4.79 Å². The smallest absolute Gasteiger partial charge is 0.152 e. The third kappa shape index (κ3) is 2.36. The SMILES string of the molecule is O=Cc1c2cccccc-2nc1/C=C/c1ccccc1. The van der Waals surface area contributed by atoms with E-state index in [0.717, 1.165) is 23.1 Å². The molecule has 1 aliphatic carbocycles. The Morgan fingerprint density at radius 1 is 0.800 bits per heavy atom. The van der Waals surface area contributed by atoms with Crippen LogP contribution in [0.25, 0.3) is 23.4 Å². The van der Waals surface area contributed by atoms with Crippen LogP contribution in [-0.2, 0) is 0 Å². The average Bonchev–Trinajstić information content (AvgIpc) is 2.66. The first-order chi connectivity index (χ1) is 9.88. The number of aldehydes is 1. The van der Waals surface area contributed by atoms with Crippen LogP contribution in [0, 0.1) is 0 Å². The van der Waals surface area contributed by atoms with Gasteiger partial charge in [-0.15, -0.1) is 0 Å².